The molecule has 0 radical (unpaired) electrons. The molecule has 3 aromatic rings. The molecule has 0 bridgehead atoms. The smallest absolute Gasteiger partial charge is 0.264 e. The molecule has 1 fully saturated rings. The van der Waals surface area contributed by atoms with E-state index >= 15 is 0 Å². The normalized spacial score (nSPS) is 14.3. The molecular formula is C34H43N3O6S. The minimum atomic E-state index is -4.14. The zero-order chi connectivity index (χ0) is 31.5. The van der Waals surface area contributed by atoms with Crippen LogP contribution >= 0.6 is 0 Å². The van der Waals surface area contributed by atoms with Crippen molar-refractivity contribution in [1.82, 2.24) is 10.2 Å². The van der Waals surface area contributed by atoms with Gasteiger partial charge in [-0.2, -0.15) is 0 Å². The molecule has 1 saturated carbocycles. The molecule has 10 heteroatoms. The Bertz CT molecular complexity index is 1470. The van der Waals surface area contributed by atoms with Crippen LogP contribution in [0.15, 0.2) is 83.8 Å². The van der Waals surface area contributed by atoms with Crippen LogP contribution in [0.4, 0.5) is 5.69 Å². The Hall–Kier alpha value is -4.05. The summed E-state index contributed by atoms with van der Waals surface area (Å²) in [4.78, 5) is 29.6. The SMILES string of the molecule is CCOc1ccc(N(CC(=O)N(Cc2cccc(OC)c2)[C@@H](CC)C(=O)NC2CCCCC2)S(=O)(=O)c2ccccc2)cc1. The van der Waals surface area contributed by atoms with E-state index in [9.17, 15) is 18.0 Å². The summed E-state index contributed by atoms with van der Waals surface area (Å²) in [5, 5.41) is 3.17. The van der Waals surface area contributed by atoms with E-state index < -0.39 is 28.5 Å². The lowest BCUT2D eigenvalue weighted by Gasteiger charge is -2.34. The maximum atomic E-state index is 14.3. The van der Waals surface area contributed by atoms with Crippen molar-refractivity contribution in [3.8, 4) is 11.5 Å². The average Bonchev–Trinajstić information content (AvgIpc) is 3.05. The van der Waals surface area contributed by atoms with E-state index in [1.807, 2.05) is 38.1 Å². The number of ether oxygens (including phenoxy) is 2. The molecule has 1 aliphatic rings. The summed E-state index contributed by atoms with van der Waals surface area (Å²) in [7, 11) is -2.58. The largest absolute Gasteiger partial charge is 0.497 e. The third-order valence-corrected chi connectivity index (χ3v) is 9.66. The first-order chi connectivity index (χ1) is 21.3. The number of nitrogens with zero attached hydrogens (tertiary/aromatic N) is 2. The van der Waals surface area contributed by atoms with E-state index in [1.165, 1.54) is 17.0 Å². The van der Waals surface area contributed by atoms with Crippen molar-refractivity contribution in [1.29, 1.82) is 0 Å². The Morgan fingerprint density at radius 1 is 0.909 bits per heavy atom. The van der Waals surface area contributed by atoms with Gasteiger partial charge >= 0.3 is 0 Å². The van der Waals surface area contributed by atoms with Crippen molar-refractivity contribution in [2.75, 3.05) is 24.6 Å². The molecule has 44 heavy (non-hydrogen) atoms. The topological polar surface area (TPSA) is 105 Å². The fraction of sp³-hybridized carbons (Fsp3) is 0.412. The standard InChI is InChI=1S/C34H43N3O6S/c1-4-32(34(39)35-27-14-8-6-9-15-27)36(24-26-13-12-16-30(23-26)42-3)33(38)25-37(28-19-21-29(22-20-28)43-5-2)44(40,41)31-17-10-7-11-18-31/h7,10-13,16-23,27,32H,4-6,8-9,14-15,24-25H2,1-3H3,(H,35,39)/t32-/m0/s1. The van der Waals surface area contributed by atoms with E-state index in [-0.39, 0.29) is 23.4 Å². The molecule has 0 aliphatic heterocycles. The lowest BCUT2D eigenvalue weighted by Crippen LogP contribution is -2.54. The number of hydrogen-bond donors (Lipinski definition) is 1. The zero-order valence-corrected chi connectivity index (χ0v) is 26.6. The molecule has 0 heterocycles. The lowest BCUT2D eigenvalue weighted by molar-refractivity contribution is -0.140. The van der Waals surface area contributed by atoms with Crippen LogP contribution in [-0.2, 0) is 26.2 Å². The molecule has 3 aromatic carbocycles. The quantitative estimate of drug-likeness (QED) is 0.253. The number of anilines is 1. The van der Waals surface area contributed by atoms with Gasteiger partial charge < -0.3 is 19.7 Å². The molecule has 0 spiro atoms. The van der Waals surface area contributed by atoms with Gasteiger partial charge in [-0.3, -0.25) is 13.9 Å². The van der Waals surface area contributed by atoms with E-state index in [0.29, 0.717) is 30.2 Å². The number of rotatable bonds is 14. The highest BCUT2D eigenvalue weighted by molar-refractivity contribution is 7.92. The molecule has 0 aromatic heterocycles. The zero-order valence-electron chi connectivity index (χ0n) is 25.8. The van der Waals surface area contributed by atoms with Crippen molar-refractivity contribution in [2.45, 2.75) is 75.9 Å². The van der Waals surface area contributed by atoms with Gasteiger partial charge in [-0.25, -0.2) is 8.42 Å². The summed E-state index contributed by atoms with van der Waals surface area (Å²) in [6, 6.07) is 21.2. The number of sulfonamides is 1. The van der Waals surface area contributed by atoms with Crippen molar-refractivity contribution < 1.29 is 27.5 Å². The highest BCUT2D eigenvalue weighted by Gasteiger charge is 2.34. The average molecular weight is 622 g/mol. The molecule has 4 rings (SSSR count). The number of carbonyl (C=O) groups is 2. The Morgan fingerprint density at radius 2 is 1.61 bits per heavy atom. The molecule has 1 N–H and O–H groups in total. The van der Waals surface area contributed by atoms with Crippen LogP contribution in [-0.4, -0.2) is 57.5 Å². The molecule has 236 valence electrons. The van der Waals surface area contributed by atoms with Gasteiger partial charge in [-0.05, 0) is 80.3 Å². The number of carbonyl (C=O) groups excluding carboxylic acids is 2. The second-order valence-electron chi connectivity index (χ2n) is 10.9. The van der Waals surface area contributed by atoms with Gasteiger partial charge in [-0.15, -0.1) is 0 Å². The molecule has 1 aliphatic carbocycles. The summed E-state index contributed by atoms with van der Waals surface area (Å²) >= 11 is 0. The van der Waals surface area contributed by atoms with Crippen LogP contribution in [0.2, 0.25) is 0 Å². The van der Waals surface area contributed by atoms with Crippen molar-refractivity contribution in [3.63, 3.8) is 0 Å². The second kappa shape index (κ2) is 15.6. The predicted molar refractivity (Wildman–Crippen MR) is 171 cm³/mol. The van der Waals surface area contributed by atoms with Gasteiger partial charge in [-0.1, -0.05) is 56.5 Å². The highest BCUT2D eigenvalue weighted by atomic mass is 32.2. The van der Waals surface area contributed by atoms with Gasteiger partial charge in [0.1, 0.15) is 24.1 Å². The summed E-state index contributed by atoms with van der Waals surface area (Å²) in [6.45, 7) is 3.80. The minimum absolute atomic E-state index is 0.0584. The summed E-state index contributed by atoms with van der Waals surface area (Å²) in [5.74, 6) is 0.489. The van der Waals surface area contributed by atoms with Gasteiger partial charge in [0.25, 0.3) is 10.0 Å². The third-order valence-electron chi connectivity index (χ3n) is 7.87. The Morgan fingerprint density at radius 3 is 2.25 bits per heavy atom. The fourth-order valence-electron chi connectivity index (χ4n) is 5.56. The van der Waals surface area contributed by atoms with E-state index in [1.54, 1.807) is 49.6 Å². The summed E-state index contributed by atoms with van der Waals surface area (Å²) in [6.07, 6.45) is 5.45. The minimum Gasteiger partial charge on any atom is -0.497 e. The fourth-order valence-corrected chi connectivity index (χ4v) is 6.99. The van der Waals surface area contributed by atoms with Crippen LogP contribution < -0.4 is 19.1 Å². The van der Waals surface area contributed by atoms with Gasteiger partial charge in [0.15, 0.2) is 0 Å². The monoisotopic (exact) mass is 621 g/mol. The number of amides is 2. The molecule has 0 saturated heterocycles. The maximum Gasteiger partial charge on any atom is 0.264 e. The Kier molecular flexibility index (Phi) is 11.7. The van der Waals surface area contributed by atoms with Crippen LogP contribution in [0, 0.1) is 0 Å². The number of nitrogens with one attached hydrogen (secondary N) is 1. The van der Waals surface area contributed by atoms with Gasteiger partial charge in [0.05, 0.1) is 24.3 Å². The first-order valence-electron chi connectivity index (χ1n) is 15.3. The van der Waals surface area contributed by atoms with Gasteiger partial charge in [0, 0.05) is 12.6 Å². The summed E-state index contributed by atoms with van der Waals surface area (Å²) in [5.41, 5.74) is 1.08. The first kappa shape index (κ1) is 32.9. The van der Waals surface area contributed by atoms with Crippen molar-refractivity contribution in [3.05, 3.63) is 84.4 Å². The highest BCUT2D eigenvalue weighted by Crippen LogP contribution is 2.27. The first-order valence-corrected chi connectivity index (χ1v) is 16.7. The predicted octanol–water partition coefficient (Wildman–Crippen LogP) is 5.55. The van der Waals surface area contributed by atoms with E-state index in [0.717, 1.165) is 42.0 Å². The Balaban J connectivity index is 1.70. The van der Waals surface area contributed by atoms with Crippen molar-refractivity contribution in [2.24, 2.45) is 0 Å². The van der Waals surface area contributed by atoms with Gasteiger partial charge in [0.2, 0.25) is 11.8 Å². The van der Waals surface area contributed by atoms with E-state index in [4.69, 9.17) is 9.47 Å². The molecule has 1 atom stereocenters. The van der Waals surface area contributed by atoms with E-state index in [2.05, 4.69) is 5.32 Å². The van der Waals surface area contributed by atoms with Crippen LogP contribution in [0.3, 0.4) is 0 Å². The second-order valence-corrected chi connectivity index (χ2v) is 12.8. The molecule has 2 amide bonds. The lowest BCUT2D eigenvalue weighted by atomic mass is 9.95. The van der Waals surface area contributed by atoms with Crippen LogP contribution in [0.25, 0.3) is 0 Å². The number of methoxy groups -OCH3 is 1. The third kappa shape index (κ3) is 8.31. The van der Waals surface area contributed by atoms with Crippen molar-refractivity contribution >= 4 is 27.5 Å². The van der Waals surface area contributed by atoms with Crippen LogP contribution in [0.5, 0.6) is 11.5 Å². The molecule has 9 nitrogen and oxygen atoms in total. The Labute approximate surface area is 261 Å². The van der Waals surface area contributed by atoms with Crippen LogP contribution in [0.1, 0.15) is 57.9 Å². The number of benzene rings is 3. The molecule has 0 unspecified atom stereocenters. The maximum absolute atomic E-state index is 14.3. The number of hydrogen-bond acceptors (Lipinski definition) is 6. The molecular weight excluding hydrogens is 578 g/mol. The summed E-state index contributed by atoms with van der Waals surface area (Å²) < 4.78 is 40.1.